The molecule has 0 aliphatic rings. The Balaban J connectivity index is 2.24. The smallest absolute Gasteiger partial charge is 0.261 e. The Morgan fingerprint density at radius 1 is 1.20 bits per heavy atom. The van der Waals surface area contributed by atoms with Crippen LogP contribution in [0.3, 0.4) is 0 Å². The van der Waals surface area contributed by atoms with E-state index in [0.717, 1.165) is 12.1 Å². The SMILES string of the molecule is COCCNC(=O)c1cc(S(=O)(=O)Nc2ccc(F)cc2)ccc1Cl. The molecule has 0 atom stereocenters. The standard InChI is InChI=1S/C16H16ClFN2O4S/c1-24-9-8-19-16(21)14-10-13(6-7-15(14)17)25(22,23)20-12-4-2-11(18)3-5-12/h2-7,10,20H,8-9H2,1H3,(H,19,21). The van der Waals surface area contributed by atoms with Gasteiger partial charge in [0.2, 0.25) is 0 Å². The molecule has 0 aromatic heterocycles. The maximum Gasteiger partial charge on any atom is 0.261 e. The summed E-state index contributed by atoms with van der Waals surface area (Å²) in [6.07, 6.45) is 0. The predicted molar refractivity (Wildman–Crippen MR) is 92.9 cm³/mol. The number of carbonyl (C=O) groups is 1. The van der Waals surface area contributed by atoms with E-state index in [4.69, 9.17) is 16.3 Å². The fourth-order valence-electron chi connectivity index (χ4n) is 1.94. The summed E-state index contributed by atoms with van der Waals surface area (Å²) in [5.74, 6) is -0.995. The topological polar surface area (TPSA) is 84.5 Å². The molecule has 0 fully saturated rings. The molecule has 2 N–H and O–H groups in total. The molecule has 134 valence electrons. The number of halogens is 2. The third-order valence-corrected chi connectivity index (χ3v) is 4.89. The van der Waals surface area contributed by atoms with Crippen molar-refractivity contribution in [3.63, 3.8) is 0 Å². The second-order valence-corrected chi connectivity index (χ2v) is 7.09. The highest BCUT2D eigenvalue weighted by Crippen LogP contribution is 2.22. The molecule has 25 heavy (non-hydrogen) atoms. The van der Waals surface area contributed by atoms with Crippen LogP contribution in [0.5, 0.6) is 0 Å². The zero-order valence-corrected chi connectivity index (χ0v) is 14.8. The maximum absolute atomic E-state index is 12.9. The maximum atomic E-state index is 12.9. The van der Waals surface area contributed by atoms with Crippen molar-refractivity contribution in [1.29, 1.82) is 0 Å². The summed E-state index contributed by atoms with van der Waals surface area (Å²) in [5.41, 5.74) is 0.224. The summed E-state index contributed by atoms with van der Waals surface area (Å²) in [6.45, 7) is 0.573. The number of nitrogens with one attached hydrogen (secondary N) is 2. The third-order valence-electron chi connectivity index (χ3n) is 3.18. The first-order valence-electron chi connectivity index (χ1n) is 7.18. The molecule has 1 amide bonds. The fourth-order valence-corrected chi connectivity index (χ4v) is 3.23. The molecule has 2 aromatic carbocycles. The normalized spacial score (nSPS) is 11.2. The largest absolute Gasteiger partial charge is 0.383 e. The lowest BCUT2D eigenvalue weighted by molar-refractivity contribution is 0.0937. The summed E-state index contributed by atoms with van der Waals surface area (Å²) < 4.78 is 44.9. The van der Waals surface area contributed by atoms with Crippen LogP contribution >= 0.6 is 11.6 Å². The van der Waals surface area contributed by atoms with Crippen molar-refractivity contribution >= 4 is 33.2 Å². The number of methoxy groups -OCH3 is 1. The molecule has 2 rings (SSSR count). The van der Waals surface area contributed by atoms with Crippen LogP contribution in [-0.4, -0.2) is 34.6 Å². The summed E-state index contributed by atoms with van der Waals surface area (Å²) in [5, 5.41) is 2.69. The van der Waals surface area contributed by atoms with Crippen molar-refractivity contribution < 1.29 is 22.3 Å². The Morgan fingerprint density at radius 3 is 2.52 bits per heavy atom. The van der Waals surface area contributed by atoms with E-state index in [1.165, 1.54) is 37.4 Å². The van der Waals surface area contributed by atoms with E-state index in [2.05, 4.69) is 10.0 Å². The van der Waals surface area contributed by atoms with E-state index >= 15 is 0 Å². The van der Waals surface area contributed by atoms with Crippen LogP contribution in [0.25, 0.3) is 0 Å². The van der Waals surface area contributed by atoms with Gasteiger partial charge in [-0.2, -0.15) is 0 Å². The minimum Gasteiger partial charge on any atom is -0.383 e. The zero-order chi connectivity index (χ0) is 18.4. The molecule has 0 bridgehead atoms. The highest BCUT2D eigenvalue weighted by atomic mass is 35.5. The van der Waals surface area contributed by atoms with E-state index in [9.17, 15) is 17.6 Å². The molecule has 0 aliphatic heterocycles. The van der Waals surface area contributed by atoms with Crippen LogP contribution in [0.15, 0.2) is 47.4 Å². The highest BCUT2D eigenvalue weighted by molar-refractivity contribution is 7.92. The van der Waals surface area contributed by atoms with Crippen molar-refractivity contribution in [3.05, 3.63) is 58.9 Å². The number of anilines is 1. The van der Waals surface area contributed by atoms with Gasteiger partial charge in [0.15, 0.2) is 0 Å². The Kier molecular flexibility index (Phi) is 6.35. The first-order chi connectivity index (χ1) is 11.8. The predicted octanol–water partition coefficient (Wildman–Crippen LogP) is 2.66. The average molecular weight is 387 g/mol. The van der Waals surface area contributed by atoms with E-state index in [0.29, 0.717) is 6.61 Å². The number of sulfonamides is 1. The molecular formula is C16H16ClFN2O4S. The molecule has 0 radical (unpaired) electrons. The molecule has 0 saturated heterocycles. The van der Waals surface area contributed by atoms with Gasteiger partial charge >= 0.3 is 0 Å². The lowest BCUT2D eigenvalue weighted by atomic mass is 10.2. The molecule has 0 spiro atoms. The minimum absolute atomic E-state index is 0.0275. The van der Waals surface area contributed by atoms with Crippen LogP contribution in [-0.2, 0) is 14.8 Å². The Morgan fingerprint density at radius 2 is 1.88 bits per heavy atom. The number of hydrogen-bond donors (Lipinski definition) is 2. The second kappa shape index (κ2) is 8.28. The minimum atomic E-state index is -3.96. The molecule has 0 aliphatic carbocycles. The Bertz CT molecular complexity index is 857. The van der Waals surface area contributed by atoms with E-state index in [1.54, 1.807) is 0 Å². The van der Waals surface area contributed by atoms with Gasteiger partial charge in [0.1, 0.15) is 5.82 Å². The van der Waals surface area contributed by atoms with E-state index in [1.807, 2.05) is 0 Å². The van der Waals surface area contributed by atoms with Crippen LogP contribution in [0, 0.1) is 5.82 Å². The quantitative estimate of drug-likeness (QED) is 0.716. The van der Waals surface area contributed by atoms with Crippen LogP contribution in [0.4, 0.5) is 10.1 Å². The van der Waals surface area contributed by atoms with Gasteiger partial charge in [-0.25, -0.2) is 12.8 Å². The monoisotopic (exact) mass is 386 g/mol. The molecule has 9 heteroatoms. The Hall–Kier alpha value is -2.16. The van der Waals surface area contributed by atoms with Crippen molar-refractivity contribution in [2.75, 3.05) is 25.0 Å². The molecule has 6 nitrogen and oxygen atoms in total. The second-order valence-electron chi connectivity index (χ2n) is 5.00. The van der Waals surface area contributed by atoms with Gasteiger partial charge in [-0.15, -0.1) is 0 Å². The lowest BCUT2D eigenvalue weighted by Gasteiger charge is -2.11. The number of amides is 1. The van der Waals surface area contributed by atoms with Crippen LogP contribution < -0.4 is 10.0 Å². The summed E-state index contributed by atoms with van der Waals surface area (Å²) in [4.78, 5) is 12.0. The fraction of sp³-hybridized carbons (Fsp3) is 0.188. The van der Waals surface area contributed by atoms with Crippen molar-refractivity contribution in [2.24, 2.45) is 0 Å². The number of benzene rings is 2. The third kappa shape index (κ3) is 5.15. The van der Waals surface area contributed by atoms with Gasteiger partial charge in [0.05, 0.1) is 22.1 Å². The average Bonchev–Trinajstić information content (AvgIpc) is 2.57. The number of rotatable bonds is 7. The van der Waals surface area contributed by atoms with Gasteiger partial charge in [-0.05, 0) is 42.5 Å². The lowest BCUT2D eigenvalue weighted by Crippen LogP contribution is -2.27. The molecule has 2 aromatic rings. The molecular weight excluding hydrogens is 371 g/mol. The van der Waals surface area contributed by atoms with E-state index in [-0.39, 0.29) is 27.7 Å². The first-order valence-corrected chi connectivity index (χ1v) is 9.04. The van der Waals surface area contributed by atoms with Crippen molar-refractivity contribution in [1.82, 2.24) is 5.32 Å². The number of ether oxygens (including phenoxy) is 1. The van der Waals surface area contributed by atoms with Gasteiger partial charge < -0.3 is 10.1 Å². The molecule has 0 unspecified atom stereocenters. The molecule has 0 saturated carbocycles. The summed E-state index contributed by atoms with van der Waals surface area (Å²) >= 11 is 5.98. The van der Waals surface area contributed by atoms with Crippen molar-refractivity contribution in [2.45, 2.75) is 4.90 Å². The van der Waals surface area contributed by atoms with Crippen molar-refractivity contribution in [3.8, 4) is 0 Å². The Labute approximate surface area is 150 Å². The van der Waals surface area contributed by atoms with Crippen LogP contribution in [0.2, 0.25) is 5.02 Å². The molecule has 0 heterocycles. The number of carbonyl (C=O) groups excluding carboxylic acids is 1. The van der Waals surface area contributed by atoms with E-state index < -0.39 is 21.7 Å². The first kappa shape index (κ1) is 19.2. The van der Waals surface area contributed by atoms with Crippen LogP contribution in [0.1, 0.15) is 10.4 Å². The van der Waals surface area contributed by atoms with Gasteiger partial charge in [0, 0.05) is 19.3 Å². The number of hydrogen-bond acceptors (Lipinski definition) is 4. The summed E-state index contributed by atoms with van der Waals surface area (Å²) in [7, 11) is -2.47. The zero-order valence-electron chi connectivity index (χ0n) is 13.3. The van der Waals surface area contributed by atoms with Gasteiger partial charge in [0.25, 0.3) is 15.9 Å². The highest BCUT2D eigenvalue weighted by Gasteiger charge is 2.19. The van der Waals surface area contributed by atoms with Gasteiger partial charge in [-0.1, -0.05) is 11.6 Å². The van der Waals surface area contributed by atoms with Gasteiger partial charge in [-0.3, -0.25) is 9.52 Å². The summed E-state index contributed by atoms with van der Waals surface area (Å²) in [6, 6.07) is 8.63.